The summed E-state index contributed by atoms with van der Waals surface area (Å²) in [4.78, 5) is 15.1. The molecule has 1 aromatic heterocycles. The van der Waals surface area contributed by atoms with Gasteiger partial charge in [-0.05, 0) is 56.4 Å². The number of hydrogen-bond donors (Lipinski definition) is 0. The number of sulfone groups is 1. The van der Waals surface area contributed by atoms with E-state index in [2.05, 4.69) is 13.8 Å². The molecule has 1 unspecified atom stereocenters. The molecule has 1 fully saturated rings. The molecule has 3 aromatic rings. The van der Waals surface area contributed by atoms with Crippen molar-refractivity contribution in [2.24, 2.45) is 5.92 Å². The van der Waals surface area contributed by atoms with Crippen molar-refractivity contribution >= 4 is 26.4 Å². The molecule has 2 heterocycles. The van der Waals surface area contributed by atoms with Crippen LogP contribution in [-0.4, -0.2) is 26.1 Å². The minimum Gasteiger partial charge on any atom is -0.369 e. The maximum absolute atomic E-state index is 15.3. The molecule has 0 spiro atoms. The number of unbranched alkanes of at least 4 members (excludes halogenated alkanes) is 1. The predicted octanol–water partition coefficient (Wildman–Crippen LogP) is 5.32. The summed E-state index contributed by atoms with van der Waals surface area (Å²) in [7, 11) is -4.04. The van der Waals surface area contributed by atoms with E-state index in [0.717, 1.165) is 44.3 Å². The summed E-state index contributed by atoms with van der Waals surface area (Å²) in [5.74, 6) is -0.0150. The van der Waals surface area contributed by atoms with E-state index in [4.69, 9.17) is 0 Å². The number of hydrogen-bond acceptors (Lipinski definition) is 4. The summed E-state index contributed by atoms with van der Waals surface area (Å²) in [6.45, 7) is 8.16. The van der Waals surface area contributed by atoms with Gasteiger partial charge in [-0.25, -0.2) is 12.8 Å². The molecular weight excluding hydrogens is 439 g/mol. The molecule has 176 valence electrons. The van der Waals surface area contributed by atoms with Crippen LogP contribution in [0.15, 0.2) is 57.2 Å². The highest BCUT2D eigenvalue weighted by atomic mass is 32.2. The van der Waals surface area contributed by atoms with Crippen LogP contribution in [0.3, 0.4) is 0 Å². The lowest BCUT2D eigenvalue weighted by Crippen LogP contribution is -2.35. The van der Waals surface area contributed by atoms with Gasteiger partial charge < -0.3 is 9.47 Å². The molecule has 0 amide bonds. The highest BCUT2D eigenvalue weighted by Crippen LogP contribution is 2.30. The molecular formula is C26H31FN2O3S. The van der Waals surface area contributed by atoms with E-state index in [1.54, 1.807) is 22.8 Å². The molecule has 0 aliphatic carbocycles. The molecule has 1 saturated heterocycles. The lowest BCUT2D eigenvalue weighted by atomic mass is 9.99. The molecule has 0 saturated carbocycles. The van der Waals surface area contributed by atoms with Crippen molar-refractivity contribution in [2.75, 3.05) is 18.0 Å². The summed E-state index contributed by atoms with van der Waals surface area (Å²) >= 11 is 0. The van der Waals surface area contributed by atoms with Crippen molar-refractivity contribution in [2.45, 2.75) is 62.8 Å². The van der Waals surface area contributed by atoms with Crippen LogP contribution >= 0.6 is 0 Å². The average molecular weight is 471 g/mol. The summed E-state index contributed by atoms with van der Waals surface area (Å²) < 4.78 is 43.8. The van der Waals surface area contributed by atoms with Gasteiger partial charge in [-0.2, -0.15) is 0 Å². The minimum atomic E-state index is -4.04. The highest BCUT2D eigenvalue weighted by Gasteiger charge is 2.26. The Bertz CT molecular complexity index is 1330. The zero-order valence-corrected chi connectivity index (χ0v) is 20.3. The van der Waals surface area contributed by atoms with Crippen molar-refractivity contribution in [3.8, 4) is 0 Å². The third kappa shape index (κ3) is 4.56. The first-order valence-corrected chi connectivity index (χ1v) is 13.1. The highest BCUT2D eigenvalue weighted by molar-refractivity contribution is 7.91. The number of benzene rings is 2. The Kier molecular flexibility index (Phi) is 6.61. The summed E-state index contributed by atoms with van der Waals surface area (Å²) in [5, 5.41) is 0.102. The fourth-order valence-corrected chi connectivity index (χ4v) is 5.94. The number of nitrogens with zero attached hydrogens (tertiary/aromatic N) is 2. The van der Waals surface area contributed by atoms with Crippen LogP contribution in [0.4, 0.5) is 10.1 Å². The van der Waals surface area contributed by atoms with E-state index in [-0.39, 0.29) is 15.2 Å². The van der Waals surface area contributed by atoms with Gasteiger partial charge in [0.2, 0.25) is 15.3 Å². The second-order valence-electron chi connectivity index (χ2n) is 9.20. The van der Waals surface area contributed by atoms with Crippen LogP contribution < -0.4 is 10.3 Å². The number of aromatic nitrogens is 1. The minimum absolute atomic E-state index is 0.0611. The summed E-state index contributed by atoms with van der Waals surface area (Å²) in [6.07, 6.45) is 5.28. The van der Waals surface area contributed by atoms with E-state index in [1.165, 1.54) is 24.4 Å². The number of aryl methyl sites for hydroxylation is 2. The van der Waals surface area contributed by atoms with Crippen LogP contribution in [0, 0.1) is 18.7 Å². The Hall–Kier alpha value is -2.67. The van der Waals surface area contributed by atoms with Crippen molar-refractivity contribution in [3.05, 3.63) is 64.2 Å². The Labute approximate surface area is 194 Å². The normalized spacial score (nSPS) is 17.0. The number of anilines is 1. The third-order valence-corrected chi connectivity index (χ3v) is 8.25. The van der Waals surface area contributed by atoms with Crippen LogP contribution in [0.25, 0.3) is 10.9 Å². The molecule has 5 nitrogen and oxygen atoms in total. The predicted molar refractivity (Wildman–Crippen MR) is 130 cm³/mol. The molecule has 1 aliphatic rings. The quantitative estimate of drug-likeness (QED) is 0.489. The largest absolute Gasteiger partial charge is 0.369 e. The Morgan fingerprint density at radius 1 is 1.15 bits per heavy atom. The van der Waals surface area contributed by atoms with Gasteiger partial charge in [0.25, 0.3) is 0 Å². The molecule has 0 bridgehead atoms. The van der Waals surface area contributed by atoms with Gasteiger partial charge in [-0.15, -0.1) is 0 Å². The number of fused-ring (bicyclic) bond motifs is 1. The fraction of sp³-hybridized carbons (Fsp3) is 0.423. The van der Waals surface area contributed by atoms with E-state index < -0.39 is 21.1 Å². The zero-order valence-electron chi connectivity index (χ0n) is 19.5. The van der Waals surface area contributed by atoms with Gasteiger partial charge in [0.15, 0.2) is 0 Å². The van der Waals surface area contributed by atoms with E-state index in [1.807, 2.05) is 11.8 Å². The van der Waals surface area contributed by atoms with Gasteiger partial charge in [-0.3, -0.25) is 4.79 Å². The van der Waals surface area contributed by atoms with Crippen molar-refractivity contribution < 1.29 is 12.8 Å². The molecule has 2 aromatic carbocycles. The number of piperidine rings is 1. The van der Waals surface area contributed by atoms with E-state index in [0.29, 0.717) is 23.7 Å². The fourth-order valence-electron chi connectivity index (χ4n) is 4.57. The SMILES string of the molecule is CCCCn1cc(S(=O)(=O)c2ccc(C)cc2)c(=O)c2cc(F)c(N3CCCC(C)C3)cc21. The summed E-state index contributed by atoms with van der Waals surface area (Å²) in [5.41, 5.74) is 1.32. The average Bonchev–Trinajstić information content (AvgIpc) is 2.78. The van der Waals surface area contributed by atoms with E-state index >= 15 is 4.39 Å². The third-order valence-electron chi connectivity index (χ3n) is 6.49. The standard InChI is InChI=1S/C26H31FN2O3S/c1-4-5-12-29-17-25(33(31,32)20-10-8-18(2)9-11-20)26(30)21-14-22(27)24(15-23(21)29)28-13-6-7-19(3)16-28/h8-11,14-15,17,19H,4-7,12-13,16H2,1-3H3. The summed E-state index contributed by atoms with van der Waals surface area (Å²) in [6, 6.07) is 9.37. The van der Waals surface area contributed by atoms with Crippen LogP contribution in [0.5, 0.6) is 0 Å². The van der Waals surface area contributed by atoms with Gasteiger partial charge >= 0.3 is 0 Å². The first-order valence-electron chi connectivity index (χ1n) is 11.7. The molecule has 0 radical (unpaired) electrons. The van der Waals surface area contributed by atoms with Gasteiger partial charge in [0.1, 0.15) is 10.7 Å². The number of halogens is 1. The lowest BCUT2D eigenvalue weighted by molar-refractivity contribution is 0.442. The molecule has 0 N–H and O–H groups in total. The monoisotopic (exact) mass is 470 g/mol. The zero-order chi connectivity index (χ0) is 23.8. The molecule has 7 heteroatoms. The van der Waals surface area contributed by atoms with Crippen LogP contribution in [0.1, 0.15) is 45.1 Å². The first kappa shape index (κ1) is 23.5. The number of pyridine rings is 1. The Balaban J connectivity index is 1.92. The lowest BCUT2D eigenvalue weighted by Gasteiger charge is -2.33. The van der Waals surface area contributed by atoms with Gasteiger partial charge in [0, 0.05) is 25.8 Å². The van der Waals surface area contributed by atoms with Crippen molar-refractivity contribution in [3.63, 3.8) is 0 Å². The van der Waals surface area contributed by atoms with Crippen molar-refractivity contribution in [1.29, 1.82) is 0 Å². The Morgan fingerprint density at radius 2 is 1.88 bits per heavy atom. The Morgan fingerprint density at radius 3 is 2.55 bits per heavy atom. The van der Waals surface area contributed by atoms with Gasteiger partial charge in [0.05, 0.1) is 21.5 Å². The second kappa shape index (κ2) is 9.29. The molecule has 33 heavy (non-hydrogen) atoms. The molecule has 1 aliphatic heterocycles. The molecule has 1 atom stereocenters. The van der Waals surface area contributed by atoms with Crippen molar-refractivity contribution in [1.82, 2.24) is 4.57 Å². The topological polar surface area (TPSA) is 59.4 Å². The van der Waals surface area contributed by atoms with Crippen LogP contribution in [0.2, 0.25) is 0 Å². The van der Waals surface area contributed by atoms with Crippen LogP contribution in [-0.2, 0) is 16.4 Å². The number of rotatable bonds is 6. The second-order valence-corrected chi connectivity index (χ2v) is 11.1. The smallest absolute Gasteiger partial charge is 0.211 e. The molecule has 4 rings (SSSR count). The van der Waals surface area contributed by atoms with E-state index in [9.17, 15) is 13.2 Å². The first-order chi connectivity index (χ1) is 15.7. The maximum atomic E-state index is 15.3. The van der Waals surface area contributed by atoms with Gasteiger partial charge in [-0.1, -0.05) is 38.0 Å². The maximum Gasteiger partial charge on any atom is 0.211 e.